The van der Waals surface area contributed by atoms with Crippen LogP contribution >= 0.6 is 39.9 Å². The van der Waals surface area contributed by atoms with Gasteiger partial charge in [0.05, 0.1) is 11.0 Å². The van der Waals surface area contributed by atoms with Gasteiger partial charge in [-0.3, -0.25) is 4.79 Å². The number of nitrogens with zero attached hydrogens (tertiary/aromatic N) is 2. The first-order chi connectivity index (χ1) is 12.5. The van der Waals surface area contributed by atoms with Crippen molar-refractivity contribution in [2.45, 2.75) is 45.8 Å². The minimum atomic E-state index is -0.0501. The molecule has 2 N–H and O–H groups in total. The summed E-state index contributed by atoms with van der Waals surface area (Å²) in [7, 11) is 0. The highest BCUT2D eigenvalue weighted by atomic mass is 127. The van der Waals surface area contributed by atoms with Crippen LogP contribution in [-0.2, 0) is 4.79 Å². The van der Waals surface area contributed by atoms with E-state index in [1.807, 2.05) is 49.9 Å². The molecule has 1 aromatic rings. The largest absolute Gasteiger partial charge is 0.488 e. The number of likely N-dealkylation sites (tertiary alicyclic amines) is 1. The molecule has 0 bridgehead atoms. The van der Waals surface area contributed by atoms with Gasteiger partial charge in [0.2, 0.25) is 5.91 Å². The number of carbonyl (C=O) groups is 1. The van der Waals surface area contributed by atoms with E-state index in [4.69, 9.17) is 4.74 Å². The van der Waals surface area contributed by atoms with Crippen molar-refractivity contribution in [2.75, 3.05) is 26.2 Å². The van der Waals surface area contributed by atoms with Crippen molar-refractivity contribution in [1.82, 2.24) is 15.5 Å². The first-order valence-corrected chi connectivity index (χ1v) is 10.1. The summed E-state index contributed by atoms with van der Waals surface area (Å²) in [5.74, 6) is 1.80. The van der Waals surface area contributed by atoms with Gasteiger partial charge in [-0.25, -0.2) is 4.99 Å². The van der Waals surface area contributed by atoms with Crippen molar-refractivity contribution in [3.05, 3.63) is 28.7 Å². The van der Waals surface area contributed by atoms with E-state index in [1.54, 1.807) is 0 Å². The van der Waals surface area contributed by atoms with Crippen LogP contribution in [0.3, 0.4) is 0 Å². The first-order valence-electron chi connectivity index (χ1n) is 9.27. The lowest BCUT2D eigenvalue weighted by atomic mass is 10.3. The second kappa shape index (κ2) is 12.4. The number of aliphatic imine (C=N–C) groups is 1. The molecular formula is C19H30BrIN4O2. The number of hydrogen-bond donors (Lipinski definition) is 2. The summed E-state index contributed by atoms with van der Waals surface area (Å²) in [6.07, 6.45) is 1.45. The zero-order valence-corrected chi connectivity index (χ0v) is 20.1. The molecule has 1 heterocycles. The minimum Gasteiger partial charge on any atom is -0.488 e. The smallest absolute Gasteiger partial charge is 0.222 e. The monoisotopic (exact) mass is 552 g/mol. The van der Waals surface area contributed by atoms with Crippen molar-refractivity contribution >= 4 is 51.8 Å². The van der Waals surface area contributed by atoms with E-state index in [1.165, 1.54) is 0 Å². The van der Waals surface area contributed by atoms with E-state index in [0.717, 1.165) is 42.2 Å². The summed E-state index contributed by atoms with van der Waals surface area (Å²) >= 11 is 3.49. The molecule has 0 aromatic heterocycles. The van der Waals surface area contributed by atoms with Gasteiger partial charge in [0.25, 0.3) is 0 Å². The Morgan fingerprint density at radius 1 is 1.41 bits per heavy atom. The summed E-state index contributed by atoms with van der Waals surface area (Å²) < 4.78 is 6.88. The number of amides is 1. The summed E-state index contributed by atoms with van der Waals surface area (Å²) in [6, 6.07) is 8.04. The third-order valence-electron chi connectivity index (χ3n) is 4.20. The second-order valence-corrected chi connectivity index (χ2v) is 7.26. The van der Waals surface area contributed by atoms with E-state index in [2.05, 4.69) is 31.6 Å². The van der Waals surface area contributed by atoms with Crippen molar-refractivity contribution in [3.8, 4) is 5.75 Å². The van der Waals surface area contributed by atoms with Crippen LogP contribution in [-0.4, -0.2) is 55.1 Å². The quantitative estimate of drug-likeness (QED) is 0.309. The van der Waals surface area contributed by atoms with Crippen molar-refractivity contribution in [3.63, 3.8) is 0 Å². The molecule has 0 aliphatic carbocycles. The lowest BCUT2D eigenvalue weighted by Crippen LogP contribution is -2.45. The van der Waals surface area contributed by atoms with E-state index < -0.39 is 0 Å². The maximum atomic E-state index is 11.8. The molecule has 1 fully saturated rings. The summed E-state index contributed by atoms with van der Waals surface area (Å²) in [5.41, 5.74) is 0. The Balaban J connectivity index is 0.00000364. The Morgan fingerprint density at radius 2 is 2.15 bits per heavy atom. The van der Waals surface area contributed by atoms with Gasteiger partial charge in [-0.15, -0.1) is 24.0 Å². The highest BCUT2D eigenvalue weighted by Gasteiger charge is 2.25. The number of halogens is 2. The van der Waals surface area contributed by atoms with Gasteiger partial charge in [-0.05, 0) is 48.3 Å². The fourth-order valence-electron chi connectivity index (χ4n) is 2.86. The van der Waals surface area contributed by atoms with Crippen molar-refractivity contribution < 1.29 is 9.53 Å². The lowest BCUT2D eigenvalue weighted by molar-refractivity contribution is -0.129. The Hall–Kier alpha value is -1.03. The molecule has 6 nitrogen and oxygen atoms in total. The summed E-state index contributed by atoms with van der Waals surface area (Å²) in [6.45, 7) is 8.83. The van der Waals surface area contributed by atoms with E-state index in [-0.39, 0.29) is 42.0 Å². The molecule has 1 aliphatic heterocycles. The van der Waals surface area contributed by atoms with Gasteiger partial charge in [0, 0.05) is 32.1 Å². The number of guanidine groups is 1. The molecule has 27 heavy (non-hydrogen) atoms. The fourth-order valence-corrected chi connectivity index (χ4v) is 3.23. The topological polar surface area (TPSA) is 66.0 Å². The number of nitrogens with one attached hydrogen (secondary N) is 2. The maximum absolute atomic E-state index is 11.8. The molecule has 8 heteroatoms. The molecule has 1 amide bonds. The number of para-hydroxylation sites is 1. The van der Waals surface area contributed by atoms with Crippen LogP contribution in [0.15, 0.2) is 33.7 Å². The fraction of sp³-hybridized carbons (Fsp3) is 0.579. The molecule has 1 aromatic carbocycles. The summed E-state index contributed by atoms with van der Waals surface area (Å²) in [5, 5.41) is 6.71. The average molecular weight is 553 g/mol. The molecule has 2 atom stereocenters. The number of benzene rings is 1. The molecule has 1 aliphatic rings. The van der Waals surface area contributed by atoms with Crippen molar-refractivity contribution in [1.29, 1.82) is 0 Å². The van der Waals surface area contributed by atoms with Gasteiger partial charge >= 0.3 is 0 Å². The zero-order valence-electron chi connectivity index (χ0n) is 16.2. The van der Waals surface area contributed by atoms with Crippen LogP contribution < -0.4 is 15.4 Å². The number of hydrogen-bond acceptors (Lipinski definition) is 3. The van der Waals surface area contributed by atoms with Crippen LogP contribution in [0.25, 0.3) is 0 Å². The van der Waals surface area contributed by atoms with Crippen LogP contribution in [0.4, 0.5) is 0 Å². The van der Waals surface area contributed by atoms with Gasteiger partial charge in [-0.1, -0.05) is 19.1 Å². The van der Waals surface area contributed by atoms with Gasteiger partial charge in [0.15, 0.2) is 5.96 Å². The predicted octanol–water partition coefficient (Wildman–Crippen LogP) is 3.40. The third-order valence-corrected chi connectivity index (χ3v) is 4.85. The second-order valence-electron chi connectivity index (χ2n) is 6.40. The zero-order chi connectivity index (χ0) is 18.9. The third kappa shape index (κ3) is 7.85. The van der Waals surface area contributed by atoms with Crippen LogP contribution in [0.5, 0.6) is 5.75 Å². The Kier molecular flexibility index (Phi) is 11.1. The molecule has 0 saturated carbocycles. The molecule has 152 valence electrons. The number of rotatable bonds is 7. The predicted molar refractivity (Wildman–Crippen MR) is 124 cm³/mol. The average Bonchev–Trinajstić information content (AvgIpc) is 3.10. The molecule has 1 saturated heterocycles. The van der Waals surface area contributed by atoms with Gasteiger partial charge in [-0.2, -0.15) is 0 Å². The number of ether oxygens (including phenoxy) is 1. The lowest BCUT2D eigenvalue weighted by Gasteiger charge is -2.19. The van der Waals surface area contributed by atoms with E-state index in [9.17, 15) is 4.79 Å². The van der Waals surface area contributed by atoms with Crippen LogP contribution in [0.1, 0.15) is 33.6 Å². The van der Waals surface area contributed by atoms with Crippen molar-refractivity contribution in [2.24, 2.45) is 4.99 Å². The molecule has 2 rings (SSSR count). The highest BCUT2D eigenvalue weighted by molar-refractivity contribution is 14.0. The summed E-state index contributed by atoms with van der Waals surface area (Å²) in [4.78, 5) is 18.4. The molecule has 0 radical (unpaired) electrons. The van der Waals surface area contributed by atoms with Gasteiger partial charge in [0.1, 0.15) is 11.9 Å². The maximum Gasteiger partial charge on any atom is 0.222 e. The van der Waals surface area contributed by atoms with E-state index in [0.29, 0.717) is 13.0 Å². The van der Waals surface area contributed by atoms with Gasteiger partial charge < -0.3 is 20.3 Å². The Labute approximate surface area is 187 Å². The Morgan fingerprint density at radius 3 is 2.81 bits per heavy atom. The Bertz CT molecular complexity index is 629. The first kappa shape index (κ1) is 24.0. The molecule has 2 unspecified atom stereocenters. The standard InChI is InChI=1S/C19H29BrN4O2.HI/c1-4-18(25)24-11-10-15(13-24)23-19(21-5-2)22-12-14(3)26-17-9-7-6-8-16(17)20;/h6-9,14-15H,4-5,10-13H2,1-3H3,(H2,21,22,23);1H. The highest BCUT2D eigenvalue weighted by Crippen LogP contribution is 2.24. The number of carbonyl (C=O) groups excluding carboxylic acids is 1. The minimum absolute atomic E-state index is 0. The normalized spacial score (nSPS) is 17.9. The van der Waals surface area contributed by atoms with Crippen LogP contribution in [0, 0.1) is 0 Å². The SMILES string of the molecule is CCNC(=NCC(C)Oc1ccccc1Br)NC1CCN(C(=O)CC)C1.I. The van der Waals surface area contributed by atoms with Crippen LogP contribution in [0.2, 0.25) is 0 Å². The van der Waals surface area contributed by atoms with E-state index >= 15 is 0 Å². The molecular weight excluding hydrogens is 523 g/mol. The molecule has 0 spiro atoms.